The Hall–Kier alpha value is -1.62. The average Bonchev–Trinajstić information content (AvgIpc) is 2.21. The number of amides is 1. The maximum absolute atomic E-state index is 12.8. The van der Waals surface area contributed by atoms with Gasteiger partial charge in [-0.25, -0.2) is 4.39 Å². The predicted molar refractivity (Wildman–Crippen MR) is 54.8 cm³/mol. The highest BCUT2D eigenvalue weighted by Crippen LogP contribution is 2.12. The lowest BCUT2D eigenvalue weighted by Gasteiger charge is -2.10. The van der Waals surface area contributed by atoms with Crippen molar-refractivity contribution in [3.63, 3.8) is 0 Å². The minimum atomic E-state index is -0.554. The lowest BCUT2D eigenvalue weighted by atomic mass is 10.1. The molecule has 15 heavy (non-hydrogen) atoms. The number of rotatable bonds is 3. The summed E-state index contributed by atoms with van der Waals surface area (Å²) in [5.41, 5.74) is 5.52. The van der Waals surface area contributed by atoms with Crippen LogP contribution in [0.2, 0.25) is 0 Å². The number of aliphatic hydroxyl groups excluding tert-OH is 1. The summed E-state index contributed by atoms with van der Waals surface area (Å²) in [5.74, 6) is -0.940. The van der Waals surface area contributed by atoms with Gasteiger partial charge in [-0.05, 0) is 25.1 Å². The van der Waals surface area contributed by atoms with E-state index in [1.165, 1.54) is 12.1 Å². The summed E-state index contributed by atoms with van der Waals surface area (Å²) in [6, 6.07) is 3.39. The number of aliphatic hydroxyl groups is 1. The van der Waals surface area contributed by atoms with Crippen molar-refractivity contribution in [1.29, 1.82) is 0 Å². The van der Waals surface area contributed by atoms with E-state index in [1.807, 2.05) is 0 Å². The van der Waals surface area contributed by atoms with Crippen molar-refractivity contribution < 1.29 is 14.3 Å². The van der Waals surface area contributed by atoms with Gasteiger partial charge in [-0.1, -0.05) is 0 Å². The number of halogens is 1. The second kappa shape index (κ2) is 4.75. The van der Waals surface area contributed by atoms with E-state index in [1.54, 1.807) is 6.92 Å². The van der Waals surface area contributed by atoms with Crippen molar-refractivity contribution in [2.45, 2.75) is 13.0 Å². The minimum absolute atomic E-state index is 0.0701. The number of hydrogen-bond donors (Lipinski definition) is 3. The van der Waals surface area contributed by atoms with Gasteiger partial charge in [0.1, 0.15) is 5.82 Å². The van der Waals surface area contributed by atoms with Crippen LogP contribution in [0.1, 0.15) is 17.3 Å². The molecule has 4 nitrogen and oxygen atoms in total. The average molecular weight is 212 g/mol. The normalized spacial score (nSPS) is 12.2. The fourth-order valence-electron chi connectivity index (χ4n) is 1.04. The van der Waals surface area contributed by atoms with Gasteiger partial charge in [0.05, 0.1) is 12.3 Å². The van der Waals surface area contributed by atoms with Crippen LogP contribution in [0, 0.1) is 5.82 Å². The first-order valence-electron chi connectivity index (χ1n) is 4.51. The molecule has 0 spiro atoms. The number of nitrogens with two attached hydrogens (primary N) is 1. The first-order valence-corrected chi connectivity index (χ1v) is 4.51. The lowest BCUT2D eigenvalue weighted by Crippen LogP contribution is -2.35. The fourth-order valence-corrected chi connectivity index (χ4v) is 1.04. The van der Waals surface area contributed by atoms with Crippen LogP contribution in [0.25, 0.3) is 0 Å². The van der Waals surface area contributed by atoms with Gasteiger partial charge in [-0.3, -0.25) is 4.79 Å². The highest BCUT2D eigenvalue weighted by atomic mass is 19.1. The molecule has 1 amide bonds. The summed E-state index contributed by atoms with van der Waals surface area (Å²) >= 11 is 0. The Morgan fingerprint density at radius 3 is 2.87 bits per heavy atom. The number of carbonyl (C=O) groups is 1. The molecule has 0 aliphatic carbocycles. The monoisotopic (exact) mass is 212 g/mol. The number of nitrogen functional groups attached to an aromatic ring is 1. The van der Waals surface area contributed by atoms with E-state index in [-0.39, 0.29) is 29.8 Å². The van der Waals surface area contributed by atoms with Gasteiger partial charge < -0.3 is 16.2 Å². The van der Waals surface area contributed by atoms with Gasteiger partial charge in [-0.15, -0.1) is 0 Å². The van der Waals surface area contributed by atoms with Gasteiger partial charge >= 0.3 is 0 Å². The first kappa shape index (κ1) is 11.5. The molecular formula is C10H13FN2O2. The number of hydrogen-bond acceptors (Lipinski definition) is 3. The molecule has 0 bridgehead atoms. The van der Waals surface area contributed by atoms with Gasteiger partial charge in [-0.2, -0.15) is 0 Å². The maximum atomic E-state index is 12.8. The van der Waals surface area contributed by atoms with Gasteiger partial charge in [0.25, 0.3) is 5.91 Å². The molecule has 0 saturated carbocycles. The molecule has 4 N–H and O–H groups in total. The van der Waals surface area contributed by atoms with Crippen LogP contribution in [-0.4, -0.2) is 23.7 Å². The highest BCUT2D eigenvalue weighted by molar-refractivity contribution is 5.95. The Kier molecular flexibility index (Phi) is 3.62. The van der Waals surface area contributed by atoms with E-state index in [0.717, 1.165) is 6.07 Å². The third kappa shape index (κ3) is 2.92. The molecule has 82 valence electrons. The van der Waals surface area contributed by atoms with Crippen LogP contribution in [-0.2, 0) is 0 Å². The molecule has 1 atom stereocenters. The Bertz CT molecular complexity index is 368. The molecule has 1 rings (SSSR count). The minimum Gasteiger partial charge on any atom is -0.396 e. The van der Waals surface area contributed by atoms with Crippen molar-refractivity contribution in [2.75, 3.05) is 12.3 Å². The molecule has 0 heterocycles. The van der Waals surface area contributed by atoms with Crippen LogP contribution >= 0.6 is 0 Å². The quantitative estimate of drug-likeness (QED) is 0.639. The molecule has 0 aromatic heterocycles. The fraction of sp³-hybridized carbons (Fsp3) is 0.300. The zero-order valence-corrected chi connectivity index (χ0v) is 8.33. The van der Waals surface area contributed by atoms with Crippen molar-refractivity contribution in [3.8, 4) is 0 Å². The first-order chi connectivity index (χ1) is 7.04. The van der Waals surface area contributed by atoms with E-state index in [0.29, 0.717) is 0 Å². The lowest BCUT2D eigenvalue weighted by molar-refractivity contribution is 0.0922. The van der Waals surface area contributed by atoms with Crippen LogP contribution < -0.4 is 11.1 Å². The SMILES string of the molecule is CC(CO)NC(=O)c1ccc(F)c(N)c1. The molecule has 0 fully saturated rings. The van der Waals surface area contributed by atoms with E-state index < -0.39 is 5.82 Å². The largest absolute Gasteiger partial charge is 0.396 e. The molecule has 1 unspecified atom stereocenters. The van der Waals surface area contributed by atoms with E-state index >= 15 is 0 Å². The summed E-state index contributed by atoms with van der Waals surface area (Å²) in [4.78, 5) is 11.5. The van der Waals surface area contributed by atoms with Crippen molar-refractivity contribution in [1.82, 2.24) is 5.32 Å². The molecule has 0 radical (unpaired) electrons. The predicted octanol–water partition coefficient (Wildman–Crippen LogP) is 0.519. The highest BCUT2D eigenvalue weighted by Gasteiger charge is 2.10. The summed E-state index contributed by atoms with van der Waals surface area (Å²) in [5, 5.41) is 11.3. The molecule has 1 aromatic carbocycles. The van der Waals surface area contributed by atoms with Crippen molar-refractivity contribution in [2.24, 2.45) is 0 Å². The maximum Gasteiger partial charge on any atom is 0.251 e. The molecule has 1 aromatic rings. The smallest absolute Gasteiger partial charge is 0.251 e. The summed E-state index contributed by atoms with van der Waals surface area (Å²) in [6.45, 7) is 1.51. The second-order valence-corrected chi connectivity index (χ2v) is 3.29. The van der Waals surface area contributed by atoms with E-state index in [4.69, 9.17) is 10.8 Å². The number of carbonyl (C=O) groups excluding carboxylic acids is 1. The van der Waals surface area contributed by atoms with Crippen LogP contribution in [0.15, 0.2) is 18.2 Å². The zero-order chi connectivity index (χ0) is 11.4. The number of benzene rings is 1. The van der Waals surface area contributed by atoms with E-state index in [9.17, 15) is 9.18 Å². The summed E-state index contributed by atoms with van der Waals surface area (Å²) < 4.78 is 12.8. The third-order valence-electron chi connectivity index (χ3n) is 1.91. The Labute approximate surface area is 86.9 Å². The van der Waals surface area contributed by atoms with Crippen LogP contribution in [0.4, 0.5) is 10.1 Å². The molecule has 0 aliphatic heterocycles. The second-order valence-electron chi connectivity index (χ2n) is 3.29. The standard InChI is InChI=1S/C10H13FN2O2/c1-6(5-14)13-10(15)7-2-3-8(11)9(12)4-7/h2-4,6,14H,5,12H2,1H3,(H,13,15). The van der Waals surface area contributed by atoms with Crippen LogP contribution in [0.3, 0.4) is 0 Å². The Balaban J connectivity index is 2.78. The van der Waals surface area contributed by atoms with Gasteiger partial charge in [0.2, 0.25) is 0 Å². The number of anilines is 1. The third-order valence-corrected chi connectivity index (χ3v) is 1.91. The number of nitrogens with one attached hydrogen (secondary N) is 1. The summed E-state index contributed by atoms with van der Waals surface area (Å²) in [6.07, 6.45) is 0. The van der Waals surface area contributed by atoms with E-state index in [2.05, 4.69) is 5.32 Å². The Morgan fingerprint density at radius 1 is 1.67 bits per heavy atom. The molecule has 0 saturated heterocycles. The van der Waals surface area contributed by atoms with Crippen molar-refractivity contribution >= 4 is 11.6 Å². The molecule has 0 aliphatic rings. The molecular weight excluding hydrogens is 199 g/mol. The zero-order valence-electron chi connectivity index (χ0n) is 8.33. The Morgan fingerprint density at radius 2 is 2.33 bits per heavy atom. The van der Waals surface area contributed by atoms with Crippen LogP contribution in [0.5, 0.6) is 0 Å². The van der Waals surface area contributed by atoms with Gasteiger partial charge in [0, 0.05) is 11.6 Å². The van der Waals surface area contributed by atoms with Gasteiger partial charge in [0.15, 0.2) is 0 Å². The topological polar surface area (TPSA) is 75.3 Å². The molecule has 5 heteroatoms. The van der Waals surface area contributed by atoms with Crippen molar-refractivity contribution in [3.05, 3.63) is 29.6 Å². The summed E-state index contributed by atoms with van der Waals surface area (Å²) in [7, 11) is 0.